The van der Waals surface area contributed by atoms with Gasteiger partial charge in [-0.25, -0.2) is 4.79 Å². The average molecular weight is 258 g/mol. The van der Waals surface area contributed by atoms with E-state index in [0.29, 0.717) is 17.3 Å². The first-order valence-corrected chi connectivity index (χ1v) is 5.99. The molecule has 98 valence electrons. The van der Waals surface area contributed by atoms with E-state index in [2.05, 4.69) is 15.5 Å². The molecule has 19 heavy (non-hydrogen) atoms. The molecule has 0 saturated carbocycles. The molecule has 0 fully saturated rings. The second-order valence-electron chi connectivity index (χ2n) is 5.16. The maximum atomic E-state index is 11.4. The number of aromatic nitrogens is 3. The number of aromatic carboxylic acids is 1. The fourth-order valence-corrected chi connectivity index (χ4v) is 2.49. The Kier molecular flexibility index (Phi) is 2.20. The summed E-state index contributed by atoms with van der Waals surface area (Å²) in [6.07, 6.45) is 0. The molecule has 3 rings (SSSR count). The molecule has 2 aromatic rings. The Morgan fingerprint density at radius 3 is 2.79 bits per heavy atom. The van der Waals surface area contributed by atoms with E-state index in [9.17, 15) is 9.90 Å². The van der Waals surface area contributed by atoms with Crippen LogP contribution in [-0.4, -0.2) is 25.8 Å². The van der Waals surface area contributed by atoms with E-state index in [-0.39, 0.29) is 5.56 Å². The quantitative estimate of drug-likeness (QED) is 0.817. The molecule has 0 bridgehead atoms. The van der Waals surface area contributed by atoms with Gasteiger partial charge in [-0.15, -0.1) is 10.2 Å². The van der Waals surface area contributed by atoms with Crippen molar-refractivity contribution in [2.45, 2.75) is 26.3 Å². The van der Waals surface area contributed by atoms with Crippen LogP contribution < -0.4 is 5.32 Å². The lowest BCUT2D eigenvalue weighted by Gasteiger charge is -2.34. The number of aryl methyl sites for hydroxylation is 1. The lowest BCUT2D eigenvalue weighted by Crippen LogP contribution is -2.36. The van der Waals surface area contributed by atoms with E-state index >= 15 is 0 Å². The molecule has 1 aromatic carbocycles. The highest BCUT2D eigenvalue weighted by Gasteiger charge is 2.35. The molecule has 2 heterocycles. The fourth-order valence-electron chi connectivity index (χ4n) is 2.49. The molecule has 0 saturated heterocycles. The largest absolute Gasteiger partial charge is 0.478 e. The fraction of sp³-hybridized carbons (Fsp3) is 0.308. The summed E-state index contributed by atoms with van der Waals surface area (Å²) in [4.78, 5) is 11.4. The van der Waals surface area contributed by atoms with Crippen LogP contribution in [0, 0.1) is 6.92 Å². The highest BCUT2D eigenvalue weighted by atomic mass is 16.4. The van der Waals surface area contributed by atoms with Crippen LogP contribution in [0.5, 0.6) is 0 Å². The summed E-state index contributed by atoms with van der Waals surface area (Å²) < 4.78 is 1.81. The number of benzene rings is 1. The number of anilines is 1. The van der Waals surface area contributed by atoms with E-state index in [0.717, 1.165) is 5.69 Å². The number of nitrogens with one attached hydrogen (secondary N) is 1. The minimum Gasteiger partial charge on any atom is -0.478 e. The van der Waals surface area contributed by atoms with Crippen LogP contribution >= 0.6 is 0 Å². The minimum atomic E-state index is -0.961. The summed E-state index contributed by atoms with van der Waals surface area (Å²) in [5.74, 6) is 0.433. The number of rotatable bonds is 1. The number of carboxylic acids is 1. The predicted molar refractivity (Wildman–Crippen MR) is 69.7 cm³/mol. The molecule has 0 radical (unpaired) electrons. The second-order valence-corrected chi connectivity index (χ2v) is 5.16. The number of hydrogen-bond acceptors (Lipinski definition) is 4. The summed E-state index contributed by atoms with van der Waals surface area (Å²) in [5.41, 5.74) is 1.22. The van der Waals surface area contributed by atoms with Gasteiger partial charge in [-0.2, -0.15) is 0 Å². The molecule has 0 amide bonds. The molecule has 0 unspecified atom stereocenters. The molecular formula is C13H14N4O2. The maximum Gasteiger partial charge on any atom is 0.337 e. The highest BCUT2D eigenvalue weighted by Crippen LogP contribution is 2.38. The zero-order chi connectivity index (χ0) is 13.8. The second kappa shape index (κ2) is 3.57. The van der Waals surface area contributed by atoms with Crippen LogP contribution in [0.3, 0.4) is 0 Å². The van der Waals surface area contributed by atoms with Gasteiger partial charge in [-0.05, 0) is 32.9 Å². The lowest BCUT2D eigenvalue weighted by atomic mass is 9.98. The van der Waals surface area contributed by atoms with Crippen LogP contribution in [0.1, 0.15) is 35.9 Å². The SMILES string of the molecule is Cc1nnc2n1-c1c(cccc1C(=O)O)NC2(C)C. The molecule has 1 aromatic heterocycles. The van der Waals surface area contributed by atoms with Crippen LogP contribution in [-0.2, 0) is 5.54 Å². The van der Waals surface area contributed by atoms with Crippen molar-refractivity contribution in [2.75, 3.05) is 5.32 Å². The first-order chi connectivity index (χ1) is 8.92. The van der Waals surface area contributed by atoms with Crippen molar-refractivity contribution in [3.8, 4) is 5.69 Å². The van der Waals surface area contributed by atoms with Gasteiger partial charge in [0.05, 0.1) is 22.5 Å². The molecule has 6 heteroatoms. The Morgan fingerprint density at radius 1 is 1.37 bits per heavy atom. The Bertz CT molecular complexity index is 688. The number of carbonyl (C=O) groups is 1. The van der Waals surface area contributed by atoms with Crippen molar-refractivity contribution in [3.05, 3.63) is 35.4 Å². The maximum absolute atomic E-state index is 11.4. The number of nitrogens with zero attached hydrogens (tertiary/aromatic N) is 3. The summed E-state index contributed by atoms with van der Waals surface area (Å²) >= 11 is 0. The van der Waals surface area contributed by atoms with Gasteiger partial charge in [-0.1, -0.05) is 6.07 Å². The molecule has 1 aliphatic rings. The van der Waals surface area contributed by atoms with Gasteiger partial charge in [0.25, 0.3) is 0 Å². The van der Waals surface area contributed by atoms with E-state index in [1.54, 1.807) is 12.1 Å². The number of hydrogen-bond donors (Lipinski definition) is 2. The zero-order valence-electron chi connectivity index (χ0n) is 10.9. The van der Waals surface area contributed by atoms with Crippen molar-refractivity contribution in [1.82, 2.24) is 14.8 Å². The molecule has 1 aliphatic heterocycles. The summed E-state index contributed by atoms with van der Waals surface area (Å²) in [6.45, 7) is 5.80. The Labute approximate surface area is 110 Å². The molecule has 0 atom stereocenters. The van der Waals surface area contributed by atoms with E-state index in [1.165, 1.54) is 0 Å². The van der Waals surface area contributed by atoms with Gasteiger partial charge in [-0.3, -0.25) is 4.57 Å². The highest BCUT2D eigenvalue weighted by molar-refractivity contribution is 5.95. The third-order valence-electron chi connectivity index (χ3n) is 3.32. The standard InChI is InChI=1S/C13H14N4O2/c1-7-15-16-12-13(2,3)14-9-6-4-5-8(11(18)19)10(9)17(7)12/h4-6,14H,1-3H3,(H,18,19). The number of carboxylic acid groups (broad SMARTS) is 1. The summed E-state index contributed by atoms with van der Waals surface area (Å²) in [6, 6.07) is 5.19. The molecule has 6 nitrogen and oxygen atoms in total. The third-order valence-corrected chi connectivity index (χ3v) is 3.32. The van der Waals surface area contributed by atoms with Crippen LogP contribution in [0.25, 0.3) is 5.69 Å². The smallest absolute Gasteiger partial charge is 0.337 e. The molecule has 2 N–H and O–H groups in total. The van der Waals surface area contributed by atoms with Crippen molar-refractivity contribution in [1.29, 1.82) is 0 Å². The molecular weight excluding hydrogens is 244 g/mol. The van der Waals surface area contributed by atoms with E-state index in [1.807, 2.05) is 31.4 Å². The van der Waals surface area contributed by atoms with Gasteiger partial charge >= 0.3 is 5.97 Å². The Morgan fingerprint density at radius 2 is 2.11 bits per heavy atom. The van der Waals surface area contributed by atoms with Gasteiger partial charge < -0.3 is 10.4 Å². The number of para-hydroxylation sites is 1. The zero-order valence-corrected chi connectivity index (χ0v) is 10.9. The first-order valence-electron chi connectivity index (χ1n) is 5.99. The van der Waals surface area contributed by atoms with Crippen LogP contribution in [0.4, 0.5) is 5.69 Å². The van der Waals surface area contributed by atoms with Gasteiger partial charge in [0.1, 0.15) is 5.82 Å². The normalized spacial score (nSPS) is 15.3. The number of fused-ring (bicyclic) bond motifs is 3. The topological polar surface area (TPSA) is 80.0 Å². The Balaban J connectivity index is 2.39. The Hall–Kier alpha value is -2.37. The van der Waals surface area contributed by atoms with Crippen LogP contribution in [0.2, 0.25) is 0 Å². The van der Waals surface area contributed by atoms with E-state index < -0.39 is 11.5 Å². The van der Waals surface area contributed by atoms with Gasteiger partial charge in [0, 0.05) is 0 Å². The van der Waals surface area contributed by atoms with Crippen molar-refractivity contribution in [2.24, 2.45) is 0 Å². The molecule has 0 spiro atoms. The minimum absolute atomic E-state index is 0.240. The van der Waals surface area contributed by atoms with Crippen molar-refractivity contribution >= 4 is 11.7 Å². The van der Waals surface area contributed by atoms with Crippen molar-refractivity contribution in [3.63, 3.8) is 0 Å². The van der Waals surface area contributed by atoms with Crippen molar-refractivity contribution < 1.29 is 9.90 Å². The van der Waals surface area contributed by atoms with E-state index in [4.69, 9.17) is 0 Å². The monoisotopic (exact) mass is 258 g/mol. The first kappa shape index (κ1) is 11.7. The summed E-state index contributed by atoms with van der Waals surface area (Å²) in [7, 11) is 0. The average Bonchev–Trinajstić information content (AvgIpc) is 2.71. The summed E-state index contributed by atoms with van der Waals surface area (Å²) in [5, 5.41) is 20.9. The predicted octanol–water partition coefficient (Wildman–Crippen LogP) is 1.93. The third kappa shape index (κ3) is 1.53. The molecule has 0 aliphatic carbocycles. The lowest BCUT2D eigenvalue weighted by molar-refractivity contribution is 0.0697. The van der Waals surface area contributed by atoms with Gasteiger partial charge in [0.2, 0.25) is 0 Å². The van der Waals surface area contributed by atoms with Gasteiger partial charge in [0.15, 0.2) is 5.82 Å². The van der Waals surface area contributed by atoms with Crippen LogP contribution in [0.15, 0.2) is 18.2 Å².